The lowest BCUT2D eigenvalue weighted by atomic mass is 10.1. The van der Waals surface area contributed by atoms with Crippen LogP contribution in [0.4, 0.5) is 0 Å². The summed E-state index contributed by atoms with van der Waals surface area (Å²) < 4.78 is 0. The smallest absolute Gasteiger partial charge is 0.0104 e. The van der Waals surface area contributed by atoms with Gasteiger partial charge < -0.3 is 0 Å². The minimum atomic E-state index is 1.36. The fourth-order valence-electron chi connectivity index (χ4n) is 1.21. The van der Waals surface area contributed by atoms with Crippen molar-refractivity contribution in [1.82, 2.24) is 0 Å². The second-order valence-corrected chi connectivity index (χ2v) is 3.76. The highest BCUT2D eigenvalue weighted by Gasteiger charge is 1.99. The number of thioether (sulfide) groups is 1. The highest BCUT2D eigenvalue weighted by molar-refractivity contribution is 7.98. The number of aryl methyl sites for hydroxylation is 2. The van der Waals surface area contributed by atoms with Crippen LogP contribution in [-0.2, 0) is 0 Å². The van der Waals surface area contributed by atoms with E-state index in [2.05, 4.69) is 39.2 Å². The molecule has 11 heavy (non-hydrogen) atoms. The zero-order valence-corrected chi connectivity index (χ0v) is 8.38. The average molecular weight is 166 g/mol. The summed E-state index contributed by atoms with van der Waals surface area (Å²) in [6.45, 7) is 6.49. The Bertz CT molecular complexity index is 264. The molecule has 0 amide bonds. The summed E-state index contributed by atoms with van der Waals surface area (Å²) in [6, 6.07) is 4.47. The summed E-state index contributed by atoms with van der Waals surface area (Å²) in [7, 11) is 0. The number of hydrogen-bond acceptors (Lipinski definition) is 1. The zero-order chi connectivity index (χ0) is 8.43. The maximum Gasteiger partial charge on any atom is 0.0104 e. The van der Waals surface area contributed by atoms with E-state index >= 15 is 0 Å². The van der Waals surface area contributed by atoms with E-state index in [1.807, 2.05) is 11.8 Å². The second-order valence-electron chi connectivity index (χ2n) is 2.91. The van der Waals surface area contributed by atoms with Crippen LogP contribution < -0.4 is 0 Å². The Labute approximate surface area is 73.0 Å². The third-order valence-corrected chi connectivity index (χ3v) is 2.85. The van der Waals surface area contributed by atoms with Crippen molar-refractivity contribution in [2.45, 2.75) is 25.7 Å². The van der Waals surface area contributed by atoms with Crippen molar-refractivity contribution in [3.63, 3.8) is 0 Å². The normalized spacial score (nSPS) is 10.2. The van der Waals surface area contributed by atoms with E-state index < -0.39 is 0 Å². The van der Waals surface area contributed by atoms with Crippen molar-refractivity contribution in [2.75, 3.05) is 6.26 Å². The Balaban J connectivity index is 3.24. The van der Waals surface area contributed by atoms with Crippen LogP contribution in [0.15, 0.2) is 17.0 Å². The lowest BCUT2D eigenvalue weighted by molar-refractivity contribution is 1.20. The Kier molecular flexibility index (Phi) is 2.61. The molecule has 0 radical (unpaired) electrons. The third-order valence-electron chi connectivity index (χ3n) is 1.98. The lowest BCUT2D eigenvalue weighted by Crippen LogP contribution is -1.86. The van der Waals surface area contributed by atoms with Crippen LogP contribution in [0.2, 0.25) is 0 Å². The van der Waals surface area contributed by atoms with Gasteiger partial charge in [-0.05, 0) is 49.8 Å². The molecule has 0 aliphatic carbocycles. The van der Waals surface area contributed by atoms with Gasteiger partial charge in [-0.1, -0.05) is 6.07 Å². The monoisotopic (exact) mass is 166 g/mol. The van der Waals surface area contributed by atoms with Gasteiger partial charge in [0.05, 0.1) is 0 Å². The molecule has 0 spiro atoms. The highest BCUT2D eigenvalue weighted by atomic mass is 32.2. The predicted octanol–water partition coefficient (Wildman–Crippen LogP) is 3.33. The molecular weight excluding hydrogens is 152 g/mol. The van der Waals surface area contributed by atoms with Crippen molar-refractivity contribution in [3.8, 4) is 0 Å². The first-order valence-electron chi connectivity index (χ1n) is 3.77. The summed E-state index contributed by atoms with van der Waals surface area (Å²) in [5.74, 6) is 0. The zero-order valence-electron chi connectivity index (χ0n) is 7.56. The first-order chi connectivity index (χ1) is 5.15. The van der Waals surface area contributed by atoms with Crippen molar-refractivity contribution < 1.29 is 0 Å². The quantitative estimate of drug-likeness (QED) is 0.577. The van der Waals surface area contributed by atoms with Crippen molar-refractivity contribution in [1.29, 1.82) is 0 Å². The van der Waals surface area contributed by atoms with Gasteiger partial charge in [0.25, 0.3) is 0 Å². The van der Waals surface area contributed by atoms with E-state index in [-0.39, 0.29) is 0 Å². The molecule has 1 heteroatoms. The van der Waals surface area contributed by atoms with Crippen LogP contribution in [0.5, 0.6) is 0 Å². The second kappa shape index (κ2) is 3.31. The summed E-state index contributed by atoms with van der Waals surface area (Å²) in [6.07, 6.45) is 2.13. The molecule has 1 aromatic rings. The molecule has 0 fully saturated rings. The molecule has 0 aliphatic rings. The lowest BCUT2D eigenvalue weighted by Gasteiger charge is -2.06. The van der Waals surface area contributed by atoms with E-state index in [0.717, 1.165) is 0 Å². The van der Waals surface area contributed by atoms with Gasteiger partial charge in [0.1, 0.15) is 0 Å². The summed E-state index contributed by atoms with van der Waals surface area (Å²) in [4.78, 5) is 1.41. The first-order valence-corrected chi connectivity index (χ1v) is 4.99. The Morgan fingerprint density at radius 1 is 1.09 bits per heavy atom. The Morgan fingerprint density at radius 2 is 1.73 bits per heavy atom. The van der Waals surface area contributed by atoms with Crippen LogP contribution in [0.1, 0.15) is 16.7 Å². The molecule has 0 N–H and O–H groups in total. The van der Waals surface area contributed by atoms with Gasteiger partial charge in [0.2, 0.25) is 0 Å². The fraction of sp³-hybridized carbons (Fsp3) is 0.400. The van der Waals surface area contributed by atoms with Crippen molar-refractivity contribution >= 4 is 11.8 Å². The standard InChI is InChI=1S/C10H14S/c1-7-5-8(2)9(3)10(6-7)11-4/h5-6H,1-4H3. The molecule has 0 saturated carbocycles. The predicted molar refractivity (Wildman–Crippen MR) is 52.4 cm³/mol. The van der Waals surface area contributed by atoms with Gasteiger partial charge in [-0.3, -0.25) is 0 Å². The van der Waals surface area contributed by atoms with E-state index in [9.17, 15) is 0 Å². The molecule has 0 aromatic heterocycles. The molecule has 0 saturated heterocycles. The molecule has 0 atom stereocenters. The Hall–Kier alpha value is -0.430. The van der Waals surface area contributed by atoms with Gasteiger partial charge >= 0.3 is 0 Å². The summed E-state index contributed by atoms with van der Waals surface area (Å²) in [5.41, 5.74) is 4.18. The van der Waals surface area contributed by atoms with Crippen LogP contribution in [0.3, 0.4) is 0 Å². The van der Waals surface area contributed by atoms with E-state index in [1.54, 1.807) is 0 Å². The van der Waals surface area contributed by atoms with Crippen LogP contribution in [-0.4, -0.2) is 6.26 Å². The van der Waals surface area contributed by atoms with Gasteiger partial charge in [-0.15, -0.1) is 11.8 Å². The molecule has 60 valence electrons. The largest absolute Gasteiger partial charge is 0.129 e. The topological polar surface area (TPSA) is 0 Å². The van der Waals surface area contributed by atoms with Crippen molar-refractivity contribution in [2.24, 2.45) is 0 Å². The SMILES string of the molecule is CSc1cc(C)cc(C)c1C. The maximum absolute atomic E-state index is 2.24. The molecule has 1 rings (SSSR count). The first kappa shape index (κ1) is 8.66. The maximum atomic E-state index is 2.24. The fourth-order valence-corrected chi connectivity index (χ4v) is 1.98. The molecule has 0 nitrogen and oxygen atoms in total. The average Bonchev–Trinajstić information content (AvgIpc) is 1.96. The molecule has 0 aliphatic heterocycles. The molecule has 1 aromatic carbocycles. The molecule has 0 bridgehead atoms. The van der Waals surface area contributed by atoms with Crippen molar-refractivity contribution in [3.05, 3.63) is 28.8 Å². The molecular formula is C10H14S. The number of benzene rings is 1. The Morgan fingerprint density at radius 3 is 2.27 bits per heavy atom. The van der Waals surface area contributed by atoms with E-state index in [4.69, 9.17) is 0 Å². The van der Waals surface area contributed by atoms with Gasteiger partial charge in [-0.25, -0.2) is 0 Å². The van der Waals surface area contributed by atoms with E-state index in [1.165, 1.54) is 21.6 Å². The van der Waals surface area contributed by atoms with Crippen LogP contribution in [0, 0.1) is 20.8 Å². The van der Waals surface area contributed by atoms with Crippen LogP contribution >= 0.6 is 11.8 Å². The summed E-state index contributed by atoms with van der Waals surface area (Å²) in [5, 5.41) is 0. The minimum absolute atomic E-state index is 1.36. The minimum Gasteiger partial charge on any atom is -0.129 e. The number of hydrogen-bond donors (Lipinski definition) is 0. The van der Waals surface area contributed by atoms with Gasteiger partial charge in [0, 0.05) is 4.90 Å². The molecule has 0 heterocycles. The summed E-state index contributed by atoms with van der Waals surface area (Å²) >= 11 is 1.82. The van der Waals surface area contributed by atoms with Crippen LogP contribution in [0.25, 0.3) is 0 Å². The molecule has 0 unspecified atom stereocenters. The highest BCUT2D eigenvalue weighted by Crippen LogP contribution is 2.23. The van der Waals surface area contributed by atoms with Gasteiger partial charge in [-0.2, -0.15) is 0 Å². The number of rotatable bonds is 1. The third kappa shape index (κ3) is 1.78. The van der Waals surface area contributed by atoms with E-state index in [0.29, 0.717) is 0 Å². The van der Waals surface area contributed by atoms with Gasteiger partial charge in [0.15, 0.2) is 0 Å².